The maximum absolute atomic E-state index is 5.96. The summed E-state index contributed by atoms with van der Waals surface area (Å²) in [7, 11) is 0. The number of hydrogen-bond donors (Lipinski definition) is 1. The average molecular weight is 215 g/mol. The molecule has 0 spiro atoms. The highest BCUT2D eigenvalue weighted by atomic mass is 14.9. The van der Waals surface area contributed by atoms with Crippen LogP contribution in [-0.2, 0) is 0 Å². The van der Waals surface area contributed by atoms with E-state index in [1.54, 1.807) is 0 Å². The lowest BCUT2D eigenvalue weighted by molar-refractivity contribution is 0.785. The summed E-state index contributed by atoms with van der Waals surface area (Å²) >= 11 is 0. The van der Waals surface area contributed by atoms with Crippen molar-refractivity contribution in [2.45, 2.75) is 33.6 Å². The number of fused-ring (bicyclic) bond motifs is 1. The molecule has 1 aromatic carbocycles. The SMILES string of the molecule is Cc1cc2nc(C(C)C)nc(N)c2cc1C. The maximum atomic E-state index is 5.96. The fourth-order valence-electron chi connectivity index (χ4n) is 1.69. The zero-order valence-corrected chi connectivity index (χ0v) is 10.2. The van der Waals surface area contributed by atoms with Gasteiger partial charge in [0.25, 0.3) is 0 Å². The van der Waals surface area contributed by atoms with Gasteiger partial charge >= 0.3 is 0 Å². The Morgan fingerprint density at radius 1 is 1.06 bits per heavy atom. The van der Waals surface area contributed by atoms with Crippen LogP contribution in [0.4, 0.5) is 5.82 Å². The molecule has 2 aromatic rings. The molecule has 0 aliphatic rings. The van der Waals surface area contributed by atoms with Gasteiger partial charge in [-0.3, -0.25) is 0 Å². The van der Waals surface area contributed by atoms with Crippen molar-refractivity contribution in [1.82, 2.24) is 9.97 Å². The highest BCUT2D eigenvalue weighted by Crippen LogP contribution is 2.23. The van der Waals surface area contributed by atoms with Crippen LogP contribution in [0.5, 0.6) is 0 Å². The van der Waals surface area contributed by atoms with Gasteiger partial charge in [-0.15, -0.1) is 0 Å². The highest BCUT2D eigenvalue weighted by Gasteiger charge is 2.09. The minimum atomic E-state index is 0.299. The number of nitrogen functional groups attached to an aromatic ring is 1. The molecule has 0 radical (unpaired) electrons. The van der Waals surface area contributed by atoms with Crippen LogP contribution in [0.3, 0.4) is 0 Å². The Morgan fingerprint density at radius 3 is 2.31 bits per heavy atom. The first-order chi connectivity index (χ1) is 7.49. The molecule has 0 unspecified atom stereocenters. The number of nitrogens with two attached hydrogens (primary N) is 1. The Kier molecular flexibility index (Phi) is 2.54. The van der Waals surface area contributed by atoms with Crippen LogP contribution in [0.25, 0.3) is 10.9 Å². The van der Waals surface area contributed by atoms with E-state index in [-0.39, 0.29) is 0 Å². The van der Waals surface area contributed by atoms with Crippen LogP contribution < -0.4 is 5.73 Å². The average Bonchev–Trinajstić information content (AvgIpc) is 2.20. The Bertz CT molecular complexity index is 544. The molecule has 0 aliphatic carbocycles. The van der Waals surface area contributed by atoms with E-state index in [2.05, 4.69) is 49.8 Å². The summed E-state index contributed by atoms with van der Waals surface area (Å²) in [5, 5.41) is 0.951. The lowest BCUT2D eigenvalue weighted by atomic mass is 10.1. The molecule has 0 bridgehead atoms. The smallest absolute Gasteiger partial charge is 0.135 e. The molecule has 0 saturated carbocycles. The number of aryl methyl sites for hydroxylation is 2. The van der Waals surface area contributed by atoms with Crippen molar-refractivity contribution >= 4 is 16.7 Å². The minimum absolute atomic E-state index is 0.299. The van der Waals surface area contributed by atoms with Gasteiger partial charge < -0.3 is 5.73 Å². The third-order valence-electron chi connectivity index (χ3n) is 2.87. The van der Waals surface area contributed by atoms with E-state index in [9.17, 15) is 0 Å². The molecular weight excluding hydrogens is 198 g/mol. The van der Waals surface area contributed by atoms with E-state index >= 15 is 0 Å². The Labute approximate surface area is 95.7 Å². The summed E-state index contributed by atoms with van der Waals surface area (Å²) in [6.45, 7) is 8.30. The lowest BCUT2D eigenvalue weighted by Gasteiger charge is -2.09. The van der Waals surface area contributed by atoms with Crippen molar-refractivity contribution in [3.63, 3.8) is 0 Å². The molecule has 3 nitrogen and oxygen atoms in total. The van der Waals surface area contributed by atoms with Gasteiger partial charge in [-0.2, -0.15) is 0 Å². The van der Waals surface area contributed by atoms with Crippen LogP contribution in [0.1, 0.15) is 36.7 Å². The number of anilines is 1. The van der Waals surface area contributed by atoms with Crippen molar-refractivity contribution in [3.05, 3.63) is 29.1 Å². The molecule has 1 aromatic heterocycles. The van der Waals surface area contributed by atoms with E-state index in [4.69, 9.17) is 5.73 Å². The number of nitrogens with zero attached hydrogens (tertiary/aromatic N) is 2. The third kappa shape index (κ3) is 1.73. The van der Waals surface area contributed by atoms with Crippen molar-refractivity contribution < 1.29 is 0 Å². The number of hydrogen-bond acceptors (Lipinski definition) is 3. The molecule has 16 heavy (non-hydrogen) atoms. The first-order valence-corrected chi connectivity index (χ1v) is 5.53. The predicted molar refractivity (Wildman–Crippen MR) is 67.5 cm³/mol. The zero-order valence-electron chi connectivity index (χ0n) is 10.2. The second-order valence-electron chi connectivity index (χ2n) is 4.58. The summed E-state index contributed by atoms with van der Waals surface area (Å²) in [5.74, 6) is 1.69. The third-order valence-corrected chi connectivity index (χ3v) is 2.87. The molecule has 1 heterocycles. The summed E-state index contributed by atoms with van der Waals surface area (Å²) in [5.41, 5.74) is 9.37. The molecule has 0 fully saturated rings. The number of benzene rings is 1. The minimum Gasteiger partial charge on any atom is -0.383 e. The topological polar surface area (TPSA) is 51.8 Å². The zero-order chi connectivity index (χ0) is 11.9. The molecule has 2 rings (SSSR count). The van der Waals surface area contributed by atoms with Crippen LogP contribution in [0.2, 0.25) is 0 Å². The van der Waals surface area contributed by atoms with Crippen LogP contribution in [0.15, 0.2) is 12.1 Å². The first-order valence-electron chi connectivity index (χ1n) is 5.53. The molecule has 0 atom stereocenters. The molecular formula is C13H17N3. The molecule has 2 N–H and O–H groups in total. The van der Waals surface area contributed by atoms with E-state index in [0.717, 1.165) is 16.7 Å². The van der Waals surface area contributed by atoms with Crippen molar-refractivity contribution in [2.75, 3.05) is 5.73 Å². The molecule has 0 aliphatic heterocycles. The molecule has 0 saturated heterocycles. The first kappa shape index (κ1) is 10.9. The normalized spacial score (nSPS) is 11.3. The lowest BCUT2D eigenvalue weighted by Crippen LogP contribution is -2.03. The second kappa shape index (κ2) is 3.74. The van der Waals surface area contributed by atoms with Gasteiger partial charge in [-0.05, 0) is 37.1 Å². The maximum Gasteiger partial charge on any atom is 0.135 e. The number of aromatic nitrogens is 2. The number of rotatable bonds is 1. The van der Waals surface area contributed by atoms with Crippen LogP contribution in [-0.4, -0.2) is 9.97 Å². The van der Waals surface area contributed by atoms with Gasteiger partial charge in [0.15, 0.2) is 0 Å². The van der Waals surface area contributed by atoms with Gasteiger partial charge in [0, 0.05) is 11.3 Å². The van der Waals surface area contributed by atoms with Gasteiger partial charge in [-0.25, -0.2) is 9.97 Å². The predicted octanol–water partition coefficient (Wildman–Crippen LogP) is 2.95. The fraction of sp³-hybridized carbons (Fsp3) is 0.385. The van der Waals surface area contributed by atoms with E-state index in [1.165, 1.54) is 11.1 Å². The summed E-state index contributed by atoms with van der Waals surface area (Å²) in [4.78, 5) is 8.88. The molecule has 0 amide bonds. The standard InChI is InChI=1S/C13H17N3/c1-7(2)13-15-11-6-9(4)8(3)5-10(11)12(14)16-13/h5-7H,1-4H3,(H2,14,15,16). The summed E-state index contributed by atoms with van der Waals surface area (Å²) in [6.07, 6.45) is 0. The fourth-order valence-corrected chi connectivity index (χ4v) is 1.69. The highest BCUT2D eigenvalue weighted by molar-refractivity contribution is 5.89. The van der Waals surface area contributed by atoms with Crippen molar-refractivity contribution in [1.29, 1.82) is 0 Å². The van der Waals surface area contributed by atoms with Crippen LogP contribution >= 0.6 is 0 Å². The van der Waals surface area contributed by atoms with Crippen molar-refractivity contribution in [3.8, 4) is 0 Å². The van der Waals surface area contributed by atoms with Gasteiger partial charge in [0.1, 0.15) is 11.6 Å². The van der Waals surface area contributed by atoms with E-state index in [0.29, 0.717) is 11.7 Å². The Balaban J connectivity index is 2.77. The Hall–Kier alpha value is -1.64. The Morgan fingerprint density at radius 2 is 1.69 bits per heavy atom. The summed E-state index contributed by atoms with van der Waals surface area (Å²) < 4.78 is 0. The summed E-state index contributed by atoms with van der Waals surface area (Å²) in [6, 6.07) is 4.14. The quantitative estimate of drug-likeness (QED) is 0.795. The van der Waals surface area contributed by atoms with Gasteiger partial charge in [-0.1, -0.05) is 13.8 Å². The van der Waals surface area contributed by atoms with E-state index in [1.807, 2.05) is 0 Å². The van der Waals surface area contributed by atoms with Gasteiger partial charge in [0.2, 0.25) is 0 Å². The van der Waals surface area contributed by atoms with Gasteiger partial charge in [0.05, 0.1) is 5.52 Å². The van der Waals surface area contributed by atoms with Crippen LogP contribution in [0, 0.1) is 13.8 Å². The molecule has 3 heteroatoms. The largest absolute Gasteiger partial charge is 0.383 e. The monoisotopic (exact) mass is 215 g/mol. The van der Waals surface area contributed by atoms with E-state index < -0.39 is 0 Å². The molecule has 84 valence electrons. The second-order valence-corrected chi connectivity index (χ2v) is 4.58. The van der Waals surface area contributed by atoms with Crippen molar-refractivity contribution in [2.24, 2.45) is 0 Å².